The van der Waals surface area contributed by atoms with Crippen LogP contribution in [0.25, 0.3) is 0 Å². The zero-order valence-electron chi connectivity index (χ0n) is 10.1. The largest absolute Gasteiger partial charge is 0.416 e. The molecule has 1 aliphatic rings. The Morgan fingerprint density at radius 2 is 2.00 bits per heavy atom. The topological polar surface area (TPSA) is 50.1 Å². The summed E-state index contributed by atoms with van der Waals surface area (Å²) < 4.78 is 38.7. The number of hydrogen-bond donors (Lipinski definition) is 3. The lowest BCUT2D eigenvalue weighted by Crippen LogP contribution is -2.42. The monoisotopic (exact) mass is 259 g/mol. The number of nitrogens with two attached hydrogens (primary N) is 1. The molecule has 0 saturated carbocycles. The third kappa shape index (κ3) is 2.59. The first-order valence-electron chi connectivity index (χ1n) is 5.81. The molecule has 18 heavy (non-hydrogen) atoms. The van der Waals surface area contributed by atoms with Crippen molar-refractivity contribution in [1.29, 1.82) is 0 Å². The van der Waals surface area contributed by atoms with Gasteiger partial charge in [-0.05, 0) is 30.2 Å². The van der Waals surface area contributed by atoms with Crippen molar-refractivity contribution in [3.8, 4) is 0 Å². The van der Waals surface area contributed by atoms with Crippen LogP contribution in [0.1, 0.15) is 22.7 Å². The summed E-state index contributed by atoms with van der Waals surface area (Å²) in [5.74, 6) is 0. The van der Waals surface area contributed by atoms with Crippen LogP contribution in [-0.4, -0.2) is 19.6 Å². The predicted octanol–water partition coefficient (Wildman–Crippen LogP) is 1.83. The van der Waals surface area contributed by atoms with Crippen LogP contribution < -0.4 is 16.4 Å². The van der Waals surface area contributed by atoms with Crippen molar-refractivity contribution >= 4 is 5.69 Å². The molecule has 0 bridgehead atoms. The van der Waals surface area contributed by atoms with E-state index in [-0.39, 0.29) is 17.3 Å². The van der Waals surface area contributed by atoms with Crippen LogP contribution in [0, 0.1) is 6.92 Å². The number of rotatable bonds is 1. The fraction of sp³-hybridized carbons (Fsp3) is 0.500. The van der Waals surface area contributed by atoms with Crippen LogP contribution in [0.2, 0.25) is 0 Å². The maximum Gasteiger partial charge on any atom is 0.416 e. The average molecular weight is 259 g/mol. The molecular formula is C12H16F3N3. The second kappa shape index (κ2) is 4.78. The van der Waals surface area contributed by atoms with Crippen molar-refractivity contribution in [3.05, 3.63) is 28.8 Å². The number of alkyl halides is 3. The van der Waals surface area contributed by atoms with E-state index < -0.39 is 11.7 Å². The lowest BCUT2D eigenvalue weighted by molar-refractivity contribution is -0.138. The molecule has 6 heteroatoms. The van der Waals surface area contributed by atoms with Gasteiger partial charge in [-0.1, -0.05) is 0 Å². The van der Waals surface area contributed by atoms with E-state index in [1.165, 1.54) is 13.0 Å². The second-order valence-electron chi connectivity index (χ2n) is 4.49. The van der Waals surface area contributed by atoms with Crippen molar-refractivity contribution < 1.29 is 13.2 Å². The number of nitrogen functional groups attached to an aromatic ring is 1. The van der Waals surface area contributed by atoms with Gasteiger partial charge in [-0.25, -0.2) is 0 Å². The number of anilines is 1. The maximum absolute atomic E-state index is 12.9. The van der Waals surface area contributed by atoms with Gasteiger partial charge in [0.2, 0.25) is 0 Å². The molecule has 1 fully saturated rings. The van der Waals surface area contributed by atoms with Crippen LogP contribution in [-0.2, 0) is 6.18 Å². The van der Waals surface area contributed by atoms with Crippen LogP contribution in [0.3, 0.4) is 0 Å². The Labute approximate surface area is 104 Å². The molecule has 0 radical (unpaired) electrons. The van der Waals surface area contributed by atoms with Gasteiger partial charge in [-0.15, -0.1) is 0 Å². The Morgan fingerprint density at radius 3 is 2.56 bits per heavy atom. The third-order valence-corrected chi connectivity index (χ3v) is 3.22. The number of piperazine rings is 1. The van der Waals surface area contributed by atoms with E-state index >= 15 is 0 Å². The molecule has 1 atom stereocenters. The van der Waals surface area contributed by atoms with Crippen LogP contribution in [0.4, 0.5) is 18.9 Å². The molecule has 1 aromatic carbocycles. The molecule has 1 aliphatic heterocycles. The Bertz CT molecular complexity index is 437. The summed E-state index contributed by atoms with van der Waals surface area (Å²) in [6.45, 7) is 3.57. The van der Waals surface area contributed by atoms with Crippen molar-refractivity contribution in [1.82, 2.24) is 10.6 Å². The lowest BCUT2D eigenvalue weighted by Gasteiger charge is -2.26. The average Bonchev–Trinajstić information content (AvgIpc) is 2.32. The van der Waals surface area contributed by atoms with Gasteiger partial charge in [0.05, 0.1) is 5.56 Å². The summed E-state index contributed by atoms with van der Waals surface area (Å²) in [7, 11) is 0. The van der Waals surface area contributed by atoms with Gasteiger partial charge in [0, 0.05) is 31.4 Å². The summed E-state index contributed by atoms with van der Waals surface area (Å²) in [6, 6.07) is 2.69. The number of hydrogen-bond acceptors (Lipinski definition) is 3. The lowest BCUT2D eigenvalue weighted by atomic mass is 9.97. The molecule has 100 valence electrons. The highest BCUT2D eigenvalue weighted by molar-refractivity contribution is 5.54. The molecule has 4 N–H and O–H groups in total. The Hall–Kier alpha value is -1.27. The Balaban J connectivity index is 2.40. The summed E-state index contributed by atoms with van der Waals surface area (Å²) in [5.41, 5.74) is 5.89. The van der Waals surface area contributed by atoms with E-state index in [0.29, 0.717) is 12.1 Å². The number of halogens is 3. The molecule has 0 aromatic heterocycles. The van der Waals surface area contributed by atoms with Gasteiger partial charge in [0.25, 0.3) is 0 Å². The van der Waals surface area contributed by atoms with E-state index in [1.54, 1.807) is 6.07 Å². The quantitative estimate of drug-likeness (QED) is 0.674. The first kappa shape index (κ1) is 13.2. The van der Waals surface area contributed by atoms with Crippen LogP contribution in [0.5, 0.6) is 0 Å². The highest BCUT2D eigenvalue weighted by atomic mass is 19.4. The molecule has 0 spiro atoms. The minimum Gasteiger partial charge on any atom is -0.398 e. The van der Waals surface area contributed by atoms with Crippen LogP contribution in [0.15, 0.2) is 12.1 Å². The fourth-order valence-corrected chi connectivity index (χ4v) is 2.14. The van der Waals surface area contributed by atoms with E-state index in [2.05, 4.69) is 10.6 Å². The first-order chi connectivity index (χ1) is 8.39. The molecule has 1 heterocycles. The minimum atomic E-state index is -4.36. The van der Waals surface area contributed by atoms with Gasteiger partial charge in [0.1, 0.15) is 0 Å². The zero-order chi connectivity index (χ0) is 13.3. The number of nitrogens with one attached hydrogen (secondary N) is 2. The Kier molecular flexibility index (Phi) is 3.49. The van der Waals surface area contributed by atoms with Crippen LogP contribution >= 0.6 is 0 Å². The van der Waals surface area contributed by atoms with Gasteiger partial charge in [0.15, 0.2) is 0 Å². The van der Waals surface area contributed by atoms with E-state index in [9.17, 15) is 13.2 Å². The van der Waals surface area contributed by atoms with Crippen molar-refractivity contribution in [2.75, 3.05) is 25.4 Å². The van der Waals surface area contributed by atoms with E-state index in [4.69, 9.17) is 5.73 Å². The minimum absolute atomic E-state index is 0.0926. The van der Waals surface area contributed by atoms with Gasteiger partial charge >= 0.3 is 6.18 Å². The molecule has 1 aromatic rings. The summed E-state index contributed by atoms with van der Waals surface area (Å²) >= 11 is 0. The number of benzene rings is 1. The Morgan fingerprint density at radius 1 is 1.28 bits per heavy atom. The smallest absolute Gasteiger partial charge is 0.398 e. The van der Waals surface area contributed by atoms with E-state index in [1.807, 2.05) is 0 Å². The third-order valence-electron chi connectivity index (χ3n) is 3.22. The summed E-state index contributed by atoms with van der Waals surface area (Å²) in [5, 5.41) is 6.32. The van der Waals surface area contributed by atoms with Crippen molar-refractivity contribution in [3.63, 3.8) is 0 Å². The fourth-order valence-electron chi connectivity index (χ4n) is 2.14. The zero-order valence-corrected chi connectivity index (χ0v) is 10.1. The standard InChI is InChI=1S/C12H16F3N3/c1-7-9(12(13,14)15)4-8(5-10(7)16)11-6-17-2-3-18-11/h4-5,11,17-18H,2-3,6,16H2,1H3. The van der Waals surface area contributed by atoms with Gasteiger partial charge in [-0.2, -0.15) is 13.2 Å². The molecule has 0 amide bonds. The highest BCUT2D eigenvalue weighted by Gasteiger charge is 2.34. The highest BCUT2D eigenvalue weighted by Crippen LogP contribution is 2.36. The van der Waals surface area contributed by atoms with Gasteiger partial charge < -0.3 is 16.4 Å². The SMILES string of the molecule is Cc1c(N)cc(C2CNCCN2)cc1C(F)(F)F. The molecular weight excluding hydrogens is 243 g/mol. The van der Waals surface area contributed by atoms with Crippen molar-refractivity contribution in [2.24, 2.45) is 0 Å². The van der Waals surface area contributed by atoms with Crippen molar-refractivity contribution in [2.45, 2.75) is 19.1 Å². The normalized spacial score (nSPS) is 21.0. The summed E-state index contributed by atoms with van der Waals surface area (Å²) in [4.78, 5) is 0. The predicted molar refractivity (Wildman–Crippen MR) is 64.2 cm³/mol. The molecule has 2 rings (SSSR count). The maximum atomic E-state index is 12.9. The summed E-state index contributed by atoms with van der Waals surface area (Å²) in [6.07, 6.45) is -4.36. The second-order valence-corrected chi connectivity index (χ2v) is 4.49. The van der Waals surface area contributed by atoms with Gasteiger partial charge in [-0.3, -0.25) is 0 Å². The molecule has 0 aliphatic carbocycles. The molecule has 1 unspecified atom stereocenters. The van der Waals surface area contributed by atoms with E-state index in [0.717, 1.165) is 13.1 Å². The first-order valence-corrected chi connectivity index (χ1v) is 5.81. The molecule has 3 nitrogen and oxygen atoms in total. The molecule has 1 saturated heterocycles.